The van der Waals surface area contributed by atoms with Crippen molar-refractivity contribution in [2.75, 3.05) is 47.5 Å². The van der Waals surface area contributed by atoms with Crippen LogP contribution in [0.25, 0.3) is 0 Å². The zero-order valence-electron chi connectivity index (χ0n) is 61.2. The number of aliphatic carboxylic acids is 1. The molecular formula is C82H153NO8. The average molecular weight is 1280 g/mol. The second-order valence-electron chi connectivity index (χ2n) is 28.3. The minimum absolute atomic E-state index is 0.151. The molecule has 91 heavy (non-hydrogen) atoms. The van der Waals surface area contributed by atoms with Gasteiger partial charge < -0.3 is 33.3 Å². The molecule has 0 aliphatic carbocycles. The lowest BCUT2D eigenvalue weighted by atomic mass is 10.0. The van der Waals surface area contributed by atoms with E-state index in [-0.39, 0.29) is 32.2 Å². The van der Waals surface area contributed by atoms with Gasteiger partial charge in [-0.15, -0.1) is 0 Å². The molecule has 0 N–H and O–H groups in total. The molecule has 2 atom stereocenters. The summed E-state index contributed by atoms with van der Waals surface area (Å²) in [5.41, 5.74) is 0. The predicted molar refractivity (Wildman–Crippen MR) is 389 cm³/mol. The second kappa shape index (κ2) is 73.1. The van der Waals surface area contributed by atoms with E-state index in [0.29, 0.717) is 17.4 Å². The summed E-state index contributed by atoms with van der Waals surface area (Å²) in [5.74, 6) is -2.25. The number of carboxylic acid groups (broad SMARTS) is 1. The van der Waals surface area contributed by atoms with E-state index in [1.807, 2.05) is 21.1 Å². The Balaban J connectivity index is 3.97. The highest BCUT2D eigenvalue weighted by molar-refractivity contribution is 5.70. The van der Waals surface area contributed by atoms with Crippen LogP contribution in [0, 0.1) is 0 Å². The van der Waals surface area contributed by atoms with E-state index in [4.69, 9.17) is 18.9 Å². The summed E-state index contributed by atoms with van der Waals surface area (Å²) in [6.45, 7) is 4.72. The number of ether oxygens (including phenoxy) is 4. The van der Waals surface area contributed by atoms with Crippen LogP contribution >= 0.6 is 0 Å². The molecule has 9 heteroatoms. The van der Waals surface area contributed by atoms with Crippen LogP contribution in [0.4, 0.5) is 0 Å². The van der Waals surface area contributed by atoms with Gasteiger partial charge in [0.05, 0.1) is 40.3 Å². The number of likely N-dealkylation sites (N-methyl/N-ethyl adjacent to an activating group) is 1. The Morgan fingerprint density at radius 1 is 0.341 bits per heavy atom. The molecule has 0 spiro atoms. The lowest BCUT2D eigenvalue weighted by Crippen LogP contribution is -2.44. The van der Waals surface area contributed by atoms with Gasteiger partial charge in [0.25, 0.3) is 0 Å². The van der Waals surface area contributed by atoms with E-state index in [1.54, 1.807) is 0 Å². The van der Waals surface area contributed by atoms with E-state index in [9.17, 15) is 19.5 Å². The van der Waals surface area contributed by atoms with Crippen LogP contribution in [0.1, 0.15) is 399 Å². The van der Waals surface area contributed by atoms with Crippen molar-refractivity contribution in [3.63, 3.8) is 0 Å². The maximum Gasteiger partial charge on any atom is 0.306 e. The van der Waals surface area contributed by atoms with Gasteiger partial charge in [-0.1, -0.05) is 383 Å². The molecule has 534 valence electrons. The SMILES string of the molecule is CC/C=C\C/C=C\C/C=C\C/C=C\CCCCCCCCCCCCCCCCCCCCCCCCC(=O)OC(COC(=O)CCCCCCCCCCCCCCCCCCCCCCCCCCCCCCCCC)COC(OCC[N+](C)(C)C)C(=O)[O-]. The molecule has 0 aromatic carbocycles. The fourth-order valence-corrected chi connectivity index (χ4v) is 12.1. The predicted octanol–water partition coefficient (Wildman–Crippen LogP) is 23.9. The number of nitrogens with zero attached hydrogens (tertiary/aromatic N) is 1. The van der Waals surface area contributed by atoms with E-state index < -0.39 is 24.3 Å². The first-order chi connectivity index (χ1) is 44.6. The third-order valence-corrected chi connectivity index (χ3v) is 18.1. The molecule has 0 bridgehead atoms. The normalized spacial score (nSPS) is 12.8. The van der Waals surface area contributed by atoms with Crippen molar-refractivity contribution in [2.45, 2.75) is 411 Å². The molecule has 0 amide bonds. The van der Waals surface area contributed by atoms with Gasteiger partial charge in [-0.2, -0.15) is 0 Å². The molecule has 0 radical (unpaired) electrons. The fourth-order valence-electron chi connectivity index (χ4n) is 12.1. The van der Waals surface area contributed by atoms with E-state index >= 15 is 0 Å². The van der Waals surface area contributed by atoms with Gasteiger partial charge in [0, 0.05) is 12.8 Å². The molecule has 0 fully saturated rings. The topological polar surface area (TPSA) is 111 Å². The molecule has 0 aliphatic heterocycles. The van der Waals surface area contributed by atoms with Gasteiger partial charge in [0.1, 0.15) is 13.2 Å². The molecule has 9 nitrogen and oxygen atoms in total. The molecule has 0 aromatic heterocycles. The van der Waals surface area contributed by atoms with Crippen molar-refractivity contribution in [3.8, 4) is 0 Å². The van der Waals surface area contributed by atoms with Crippen LogP contribution in [0.5, 0.6) is 0 Å². The Kier molecular flexibility index (Phi) is 70.9. The number of unbranched alkanes of at least 4 members (excludes halogenated alkanes) is 52. The number of carboxylic acids is 1. The highest BCUT2D eigenvalue weighted by atomic mass is 16.7. The second-order valence-corrected chi connectivity index (χ2v) is 28.3. The summed E-state index contributed by atoms with van der Waals surface area (Å²) in [5, 5.41) is 11.9. The number of carbonyl (C=O) groups is 3. The lowest BCUT2D eigenvalue weighted by molar-refractivity contribution is -0.870. The monoisotopic (exact) mass is 1280 g/mol. The van der Waals surface area contributed by atoms with Crippen molar-refractivity contribution >= 4 is 17.9 Å². The Bertz CT molecular complexity index is 1630. The van der Waals surface area contributed by atoms with Crippen molar-refractivity contribution < 1.29 is 42.9 Å². The lowest BCUT2D eigenvalue weighted by Gasteiger charge is -2.26. The fraction of sp³-hybridized carbons (Fsp3) is 0.866. The van der Waals surface area contributed by atoms with E-state index in [2.05, 4.69) is 62.5 Å². The summed E-state index contributed by atoms with van der Waals surface area (Å²) < 4.78 is 22.9. The third kappa shape index (κ3) is 74.5. The van der Waals surface area contributed by atoms with Crippen molar-refractivity contribution in [3.05, 3.63) is 48.6 Å². The van der Waals surface area contributed by atoms with Crippen molar-refractivity contribution in [1.82, 2.24) is 0 Å². The van der Waals surface area contributed by atoms with Crippen LogP contribution in [0.15, 0.2) is 48.6 Å². The highest BCUT2D eigenvalue weighted by Crippen LogP contribution is 2.20. The van der Waals surface area contributed by atoms with Crippen molar-refractivity contribution in [1.29, 1.82) is 0 Å². The summed E-state index contributed by atoms with van der Waals surface area (Å²) in [7, 11) is 5.95. The Hall–Kier alpha value is -2.75. The summed E-state index contributed by atoms with van der Waals surface area (Å²) in [4.78, 5) is 37.6. The standard InChI is InChI=1S/C82H153NO8/c1-6-8-10-12-14-16-18-20-22-24-26-28-30-32-34-36-38-39-40-41-43-45-47-49-51-53-55-57-59-61-63-65-67-69-71-73-80(85)91-78(77-90-82(81(86)87)88-75-74-83(3,4)5)76-89-79(84)72-70-68-66-64-62-60-58-56-54-52-50-48-46-44-42-37-35-33-31-29-27-25-23-21-19-17-15-13-11-9-7-2/h8,10,14,16,20,22,26,28,78,82H,6-7,9,11-13,15,17-19,21,23-25,27,29-77H2,1-5H3/b10-8-,16-14-,22-20-,28-26-. The largest absolute Gasteiger partial charge is 0.545 e. The van der Waals surface area contributed by atoms with Gasteiger partial charge >= 0.3 is 11.9 Å². The number of esters is 2. The molecule has 0 rings (SSSR count). The minimum Gasteiger partial charge on any atom is -0.545 e. The van der Waals surface area contributed by atoms with Gasteiger partial charge in [0.15, 0.2) is 12.4 Å². The van der Waals surface area contributed by atoms with Gasteiger partial charge in [-0.05, 0) is 51.4 Å². The highest BCUT2D eigenvalue weighted by Gasteiger charge is 2.22. The van der Waals surface area contributed by atoms with E-state index in [1.165, 1.54) is 308 Å². The van der Waals surface area contributed by atoms with Crippen LogP contribution in [0.2, 0.25) is 0 Å². The van der Waals surface area contributed by atoms with Gasteiger partial charge in [-0.3, -0.25) is 9.59 Å². The molecule has 2 unspecified atom stereocenters. The molecule has 0 aromatic rings. The first-order valence-electron chi connectivity index (χ1n) is 39.8. The van der Waals surface area contributed by atoms with Gasteiger partial charge in [-0.25, -0.2) is 0 Å². The maximum atomic E-state index is 13.0. The van der Waals surface area contributed by atoms with Crippen LogP contribution in [-0.2, 0) is 33.3 Å². The van der Waals surface area contributed by atoms with Crippen LogP contribution in [0.3, 0.4) is 0 Å². The number of quaternary nitrogens is 1. The maximum absolute atomic E-state index is 13.0. The smallest absolute Gasteiger partial charge is 0.306 e. The van der Waals surface area contributed by atoms with Gasteiger partial charge in [0.2, 0.25) is 0 Å². The number of hydrogen-bond donors (Lipinski definition) is 0. The summed E-state index contributed by atoms with van der Waals surface area (Å²) >= 11 is 0. The number of hydrogen-bond acceptors (Lipinski definition) is 8. The zero-order valence-corrected chi connectivity index (χ0v) is 61.2. The Labute approximate surface area is 565 Å². The first kappa shape index (κ1) is 88.2. The van der Waals surface area contributed by atoms with Crippen LogP contribution < -0.4 is 5.11 Å². The average Bonchev–Trinajstić information content (AvgIpc) is 3.46. The van der Waals surface area contributed by atoms with Crippen LogP contribution in [-0.4, -0.2) is 82.3 Å². The number of carbonyl (C=O) groups excluding carboxylic acids is 3. The first-order valence-corrected chi connectivity index (χ1v) is 39.8. The third-order valence-electron chi connectivity index (χ3n) is 18.1. The molecule has 0 aliphatic rings. The van der Waals surface area contributed by atoms with E-state index in [0.717, 1.165) is 64.2 Å². The zero-order chi connectivity index (χ0) is 66.1. The molecule has 0 saturated heterocycles. The minimum atomic E-state index is -1.62. The molecule has 0 saturated carbocycles. The van der Waals surface area contributed by atoms with Crippen molar-refractivity contribution in [2.24, 2.45) is 0 Å². The Morgan fingerprint density at radius 3 is 0.934 bits per heavy atom. The summed E-state index contributed by atoms with van der Waals surface area (Å²) in [6.07, 6.45) is 92.4. The summed E-state index contributed by atoms with van der Waals surface area (Å²) in [6, 6.07) is 0. The molecule has 0 heterocycles. The number of allylic oxidation sites excluding steroid dienone is 8. The quantitative estimate of drug-likeness (QED) is 0.0195. The number of rotatable bonds is 75. The Morgan fingerprint density at radius 2 is 0.626 bits per heavy atom. The molecular weight excluding hydrogens is 1130 g/mol.